The SMILES string of the molecule is COc1cccc(-c2cccc(N)c2)c1OC. The molecule has 88 valence electrons. The number of hydrogen-bond donors (Lipinski definition) is 1. The number of ether oxygens (including phenoxy) is 2. The molecule has 17 heavy (non-hydrogen) atoms. The molecule has 0 spiro atoms. The van der Waals surface area contributed by atoms with Crippen LogP contribution < -0.4 is 15.2 Å². The van der Waals surface area contributed by atoms with Gasteiger partial charge < -0.3 is 15.2 Å². The Kier molecular flexibility index (Phi) is 3.19. The van der Waals surface area contributed by atoms with Gasteiger partial charge in [0.05, 0.1) is 14.2 Å². The highest BCUT2D eigenvalue weighted by Crippen LogP contribution is 2.38. The lowest BCUT2D eigenvalue weighted by atomic mass is 10.0. The van der Waals surface area contributed by atoms with Crippen LogP contribution in [-0.2, 0) is 0 Å². The van der Waals surface area contributed by atoms with E-state index in [1.54, 1.807) is 14.2 Å². The van der Waals surface area contributed by atoms with Crippen molar-refractivity contribution in [2.75, 3.05) is 20.0 Å². The van der Waals surface area contributed by atoms with Crippen LogP contribution in [0.25, 0.3) is 11.1 Å². The van der Waals surface area contributed by atoms with Gasteiger partial charge in [0.1, 0.15) is 0 Å². The summed E-state index contributed by atoms with van der Waals surface area (Å²) in [5.74, 6) is 1.44. The summed E-state index contributed by atoms with van der Waals surface area (Å²) in [5, 5.41) is 0. The molecule has 2 N–H and O–H groups in total. The number of methoxy groups -OCH3 is 2. The van der Waals surface area contributed by atoms with Gasteiger partial charge >= 0.3 is 0 Å². The van der Waals surface area contributed by atoms with E-state index in [-0.39, 0.29) is 0 Å². The van der Waals surface area contributed by atoms with Gasteiger partial charge in [-0.3, -0.25) is 0 Å². The summed E-state index contributed by atoms with van der Waals surface area (Å²) < 4.78 is 10.7. The lowest BCUT2D eigenvalue weighted by Crippen LogP contribution is -1.93. The van der Waals surface area contributed by atoms with Crippen molar-refractivity contribution >= 4 is 5.69 Å². The Balaban J connectivity index is 2.59. The van der Waals surface area contributed by atoms with Crippen LogP contribution in [0, 0.1) is 0 Å². The quantitative estimate of drug-likeness (QED) is 0.823. The third-order valence-corrected chi connectivity index (χ3v) is 2.60. The minimum Gasteiger partial charge on any atom is -0.493 e. The highest BCUT2D eigenvalue weighted by atomic mass is 16.5. The molecule has 2 rings (SSSR count). The fourth-order valence-electron chi connectivity index (χ4n) is 1.82. The molecule has 0 aliphatic carbocycles. The summed E-state index contributed by atoms with van der Waals surface area (Å²) in [7, 11) is 3.26. The van der Waals surface area contributed by atoms with Gasteiger partial charge in [-0.15, -0.1) is 0 Å². The Morgan fingerprint density at radius 2 is 1.71 bits per heavy atom. The van der Waals surface area contributed by atoms with Gasteiger partial charge in [0.25, 0.3) is 0 Å². The van der Waals surface area contributed by atoms with E-state index in [1.165, 1.54) is 0 Å². The normalized spacial score (nSPS) is 10.0. The predicted molar refractivity (Wildman–Crippen MR) is 69.4 cm³/mol. The molecule has 3 nitrogen and oxygen atoms in total. The molecule has 0 atom stereocenters. The van der Waals surface area contributed by atoms with E-state index in [1.807, 2.05) is 42.5 Å². The van der Waals surface area contributed by atoms with Crippen molar-refractivity contribution in [3.63, 3.8) is 0 Å². The molecule has 2 aromatic carbocycles. The maximum atomic E-state index is 5.79. The molecule has 0 heterocycles. The zero-order valence-electron chi connectivity index (χ0n) is 9.94. The van der Waals surface area contributed by atoms with E-state index in [2.05, 4.69) is 0 Å². The van der Waals surface area contributed by atoms with Crippen molar-refractivity contribution in [3.8, 4) is 22.6 Å². The Labute approximate surface area is 101 Å². The summed E-state index contributed by atoms with van der Waals surface area (Å²) in [4.78, 5) is 0. The van der Waals surface area contributed by atoms with Crippen LogP contribution in [0.2, 0.25) is 0 Å². The van der Waals surface area contributed by atoms with Crippen LogP contribution >= 0.6 is 0 Å². The third kappa shape index (κ3) is 2.18. The minimum atomic E-state index is 0.715. The van der Waals surface area contributed by atoms with Gasteiger partial charge in [-0.2, -0.15) is 0 Å². The van der Waals surface area contributed by atoms with E-state index >= 15 is 0 Å². The fraction of sp³-hybridized carbons (Fsp3) is 0.143. The van der Waals surface area contributed by atoms with Crippen molar-refractivity contribution in [3.05, 3.63) is 42.5 Å². The predicted octanol–water partition coefficient (Wildman–Crippen LogP) is 2.95. The maximum Gasteiger partial charge on any atom is 0.168 e. The molecule has 0 bridgehead atoms. The van der Waals surface area contributed by atoms with Gasteiger partial charge in [0.15, 0.2) is 11.5 Å². The third-order valence-electron chi connectivity index (χ3n) is 2.60. The fourth-order valence-corrected chi connectivity index (χ4v) is 1.82. The van der Waals surface area contributed by atoms with Gasteiger partial charge in [-0.25, -0.2) is 0 Å². The average molecular weight is 229 g/mol. The molecule has 0 unspecified atom stereocenters. The summed E-state index contributed by atoms with van der Waals surface area (Å²) in [6.07, 6.45) is 0. The molecule has 0 amide bonds. The molecule has 0 radical (unpaired) electrons. The molecule has 0 saturated heterocycles. The number of rotatable bonds is 3. The first kappa shape index (κ1) is 11.3. The number of nitrogen functional groups attached to an aromatic ring is 1. The molecular formula is C14H15NO2. The van der Waals surface area contributed by atoms with Crippen LogP contribution in [-0.4, -0.2) is 14.2 Å². The van der Waals surface area contributed by atoms with Crippen LogP contribution in [0.4, 0.5) is 5.69 Å². The first-order chi connectivity index (χ1) is 8.26. The Morgan fingerprint density at radius 1 is 0.941 bits per heavy atom. The topological polar surface area (TPSA) is 44.5 Å². The molecular weight excluding hydrogens is 214 g/mol. The molecule has 3 heteroatoms. The molecule has 0 aromatic heterocycles. The van der Waals surface area contributed by atoms with Crippen LogP contribution in [0.1, 0.15) is 0 Å². The van der Waals surface area contributed by atoms with E-state index in [0.717, 1.165) is 22.6 Å². The summed E-state index contributed by atoms with van der Waals surface area (Å²) in [6, 6.07) is 13.5. The van der Waals surface area contributed by atoms with E-state index in [9.17, 15) is 0 Å². The second kappa shape index (κ2) is 4.78. The second-order valence-electron chi connectivity index (χ2n) is 3.67. The van der Waals surface area contributed by atoms with Crippen LogP contribution in [0.5, 0.6) is 11.5 Å². The molecule has 0 saturated carbocycles. The largest absolute Gasteiger partial charge is 0.493 e. The zero-order chi connectivity index (χ0) is 12.3. The number of nitrogens with two attached hydrogens (primary N) is 1. The van der Waals surface area contributed by atoms with Crippen molar-refractivity contribution < 1.29 is 9.47 Å². The Morgan fingerprint density at radius 3 is 2.35 bits per heavy atom. The summed E-state index contributed by atoms with van der Waals surface area (Å²) in [6.45, 7) is 0. The second-order valence-corrected chi connectivity index (χ2v) is 3.67. The van der Waals surface area contributed by atoms with Gasteiger partial charge in [0.2, 0.25) is 0 Å². The van der Waals surface area contributed by atoms with Crippen molar-refractivity contribution in [2.45, 2.75) is 0 Å². The highest BCUT2D eigenvalue weighted by molar-refractivity contribution is 5.75. The lowest BCUT2D eigenvalue weighted by molar-refractivity contribution is 0.356. The number of para-hydroxylation sites is 1. The number of anilines is 1. The van der Waals surface area contributed by atoms with E-state index < -0.39 is 0 Å². The molecule has 0 aliphatic heterocycles. The smallest absolute Gasteiger partial charge is 0.168 e. The van der Waals surface area contributed by atoms with Gasteiger partial charge in [0, 0.05) is 11.3 Å². The minimum absolute atomic E-state index is 0.715. The highest BCUT2D eigenvalue weighted by Gasteiger charge is 2.10. The molecule has 0 fully saturated rings. The molecule has 0 aliphatic rings. The summed E-state index contributed by atoms with van der Waals surface area (Å²) >= 11 is 0. The van der Waals surface area contributed by atoms with Crippen molar-refractivity contribution in [1.82, 2.24) is 0 Å². The number of benzene rings is 2. The monoisotopic (exact) mass is 229 g/mol. The van der Waals surface area contributed by atoms with Gasteiger partial charge in [-0.05, 0) is 23.8 Å². The average Bonchev–Trinajstić information content (AvgIpc) is 2.37. The molecule has 2 aromatic rings. The van der Waals surface area contributed by atoms with E-state index in [4.69, 9.17) is 15.2 Å². The van der Waals surface area contributed by atoms with E-state index in [0.29, 0.717) is 5.75 Å². The van der Waals surface area contributed by atoms with Crippen molar-refractivity contribution in [1.29, 1.82) is 0 Å². The van der Waals surface area contributed by atoms with Crippen molar-refractivity contribution in [2.24, 2.45) is 0 Å². The maximum absolute atomic E-state index is 5.79. The number of hydrogen-bond acceptors (Lipinski definition) is 3. The Hall–Kier alpha value is -2.16. The standard InChI is InChI=1S/C14H15NO2/c1-16-13-8-4-7-12(14(13)17-2)10-5-3-6-11(15)9-10/h3-9H,15H2,1-2H3. The van der Waals surface area contributed by atoms with Crippen LogP contribution in [0.3, 0.4) is 0 Å². The lowest BCUT2D eigenvalue weighted by Gasteiger charge is -2.12. The Bertz CT molecular complexity index is 523. The first-order valence-corrected chi connectivity index (χ1v) is 5.33. The van der Waals surface area contributed by atoms with Crippen LogP contribution in [0.15, 0.2) is 42.5 Å². The zero-order valence-corrected chi connectivity index (χ0v) is 9.94. The summed E-state index contributed by atoms with van der Waals surface area (Å²) in [5.41, 5.74) is 8.50. The first-order valence-electron chi connectivity index (χ1n) is 5.33. The van der Waals surface area contributed by atoms with Gasteiger partial charge in [-0.1, -0.05) is 24.3 Å².